The zero-order valence-corrected chi connectivity index (χ0v) is 12.8. The fourth-order valence-corrected chi connectivity index (χ4v) is 2.84. The van der Waals surface area contributed by atoms with Crippen LogP contribution in [0.3, 0.4) is 0 Å². The molecule has 0 radical (unpaired) electrons. The summed E-state index contributed by atoms with van der Waals surface area (Å²) in [4.78, 5) is 23.3. The summed E-state index contributed by atoms with van der Waals surface area (Å²) >= 11 is 2.41. The molecule has 1 rings (SSSR count). The van der Waals surface area contributed by atoms with Gasteiger partial charge in [0.2, 0.25) is 11.0 Å². The molecule has 0 aliphatic rings. The maximum atomic E-state index is 11.8. The van der Waals surface area contributed by atoms with Gasteiger partial charge in [-0.1, -0.05) is 23.1 Å². The molecule has 0 spiro atoms. The number of hydrogen-bond donors (Lipinski definition) is 3. The summed E-state index contributed by atoms with van der Waals surface area (Å²) in [5, 5.41) is 12.3. The molecule has 0 aliphatic heterocycles. The van der Waals surface area contributed by atoms with E-state index in [1.165, 1.54) is 23.1 Å². The van der Waals surface area contributed by atoms with Crippen LogP contribution in [0.5, 0.6) is 0 Å². The average molecular weight is 303 g/mol. The van der Waals surface area contributed by atoms with Crippen molar-refractivity contribution >= 4 is 40.2 Å². The molecule has 1 aromatic rings. The Balaban J connectivity index is 2.47. The minimum Gasteiger partial charge on any atom is -0.374 e. The molecule has 106 valence electrons. The van der Waals surface area contributed by atoms with Crippen LogP contribution in [0.4, 0.5) is 9.93 Å². The largest absolute Gasteiger partial charge is 0.374 e. The van der Waals surface area contributed by atoms with E-state index in [-0.39, 0.29) is 5.91 Å². The van der Waals surface area contributed by atoms with Gasteiger partial charge in [0.15, 0.2) is 4.34 Å². The molecule has 19 heavy (non-hydrogen) atoms. The first-order valence-corrected chi connectivity index (χ1v) is 7.25. The van der Waals surface area contributed by atoms with Crippen LogP contribution in [0.15, 0.2) is 4.34 Å². The van der Waals surface area contributed by atoms with Gasteiger partial charge in [0.05, 0.1) is 5.25 Å². The first-order valence-electron chi connectivity index (χ1n) is 5.56. The smallest absolute Gasteiger partial charge is 0.321 e. The van der Waals surface area contributed by atoms with Crippen molar-refractivity contribution in [3.05, 3.63) is 0 Å². The fourth-order valence-electron chi connectivity index (χ4n) is 1.06. The van der Waals surface area contributed by atoms with Gasteiger partial charge in [-0.05, 0) is 27.7 Å². The molecule has 0 fully saturated rings. The molecule has 1 atom stereocenters. The number of carbonyl (C=O) groups excluding carboxylic acids is 2. The van der Waals surface area contributed by atoms with E-state index in [9.17, 15) is 9.59 Å². The highest BCUT2D eigenvalue weighted by Gasteiger charge is 2.21. The standard InChI is InChI=1S/C10H17N5O2S2/c1-5(18-9-15-14-7(11)19-9)6(16)12-8(17)13-10(2,3)4/h5H,1-4H3,(H2,11,14)(H2,12,13,16,17)/t5-/m0/s1. The van der Waals surface area contributed by atoms with E-state index in [1.807, 2.05) is 20.8 Å². The SMILES string of the molecule is C[C@H](Sc1nnc(N)s1)C(=O)NC(=O)NC(C)(C)C. The Kier molecular flexibility index (Phi) is 5.12. The number of anilines is 1. The first-order chi connectivity index (χ1) is 8.67. The number of nitrogen functional groups attached to an aromatic ring is 1. The van der Waals surface area contributed by atoms with Gasteiger partial charge in [0.25, 0.3) is 0 Å². The zero-order chi connectivity index (χ0) is 14.6. The third kappa shape index (κ3) is 5.88. The minimum absolute atomic E-state index is 0.348. The van der Waals surface area contributed by atoms with Crippen molar-refractivity contribution in [2.45, 2.75) is 42.8 Å². The van der Waals surface area contributed by atoms with Crippen LogP contribution in [0.2, 0.25) is 0 Å². The van der Waals surface area contributed by atoms with Crippen molar-refractivity contribution in [2.24, 2.45) is 0 Å². The molecule has 0 saturated heterocycles. The highest BCUT2D eigenvalue weighted by atomic mass is 32.2. The lowest BCUT2D eigenvalue weighted by molar-refractivity contribution is -0.119. The Hall–Kier alpha value is -1.35. The van der Waals surface area contributed by atoms with E-state index in [0.717, 1.165) is 0 Å². The number of nitrogens with one attached hydrogen (secondary N) is 2. The quantitative estimate of drug-likeness (QED) is 0.724. The number of nitrogens with zero attached hydrogens (tertiary/aromatic N) is 2. The predicted octanol–water partition coefficient (Wildman–Crippen LogP) is 1.23. The molecule has 4 N–H and O–H groups in total. The van der Waals surface area contributed by atoms with Gasteiger partial charge in [-0.25, -0.2) is 4.79 Å². The number of urea groups is 1. The topological polar surface area (TPSA) is 110 Å². The van der Waals surface area contributed by atoms with E-state index in [0.29, 0.717) is 9.47 Å². The molecular formula is C10H17N5O2S2. The first kappa shape index (κ1) is 15.7. The van der Waals surface area contributed by atoms with Crippen LogP contribution in [-0.4, -0.2) is 32.9 Å². The van der Waals surface area contributed by atoms with Crippen LogP contribution in [-0.2, 0) is 4.79 Å². The normalized spacial score (nSPS) is 12.8. The van der Waals surface area contributed by atoms with Gasteiger partial charge in [-0.15, -0.1) is 10.2 Å². The summed E-state index contributed by atoms with van der Waals surface area (Å²) in [5.41, 5.74) is 5.05. The lowest BCUT2D eigenvalue weighted by atomic mass is 10.1. The number of rotatable bonds is 3. The predicted molar refractivity (Wildman–Crippen MR) is 76.1 cm³/mol. The van der Waals surface area contributed by atoms with Crippen molar-refractivity contribution in [3.8, 4) is 0 Å². The average Bonchev–Trinajstić information content (AvgIpc) is 2.60. The van der Waals surface area contributed by atoms with Gasteiger partial charge < -0.3 is 11.1 Å². The number of hydrogen-bond acceptors (Lipinski definition) is 7. The molecule has 0 bridgehead atoms. The summed E-state index contributed by atoms with van der Waals surface area (Å²) in [5.74, 6) is -0.388. The lowest BCUT2D eigenvalue weighted by Crippen LogP contribution is -2.49. The van der Waals surface area contributed by atoms with Gasteiger partial charge >= 0.3 is 6.03 Å². The molecule has 1 heterocycles. The van der Waals surface area contributed by atoms with Crippen molar-refractivity contribution in [2.75, 3.05) is 5.73 Å². The number of aromatic nitrogens is 2. The van der Waals surface area contributed by atoms with Gasteiger partial charge in [0, 0.05) is 5.54 Å². The molecule has 9 heteroatoms. The van der Waals surface area contributed by atoms with E-state index in [2.05, 4.69) is 20.8 Å². The van der Waals surface area contributed by atoms with Gasteiger partial charge in [-0.2, -0.15) is 0 Å². The fraction of sp³-hybridized carbons (Fsp3) is 0.600. The van der Waals surface area contributed by atoms with Crippen molar-refractivity contribution in [1.82, 2.24) is 20.8 Å². The summed E-state index contributed by atoms with van der Waals surface area (Å²) in [6, 6.07) is -0.512. The van der Waals surface area contributed by atoms with Crippen LogP contribution in [0.1, 0.15) is 27.7 Å². The zero-order valence-electron chi connectivity index (χ0n) is 11.2. The number of amides is 3. The summed E-state index contributed by atoms with van der Waals surface area (Å²) < 4.78 is 0.594. The van der Waals surface area contributed by atoms with Gasteiger partial charge in [-0.3, -0.25) is 10.1 Å². The second kappa shape index (κ2) is 6.20. The van der Waals surface area contributed by atoms with Crippen LogP contribution in [0, 0.1) is 0 Å². The Morgan fingerprint density at radius 3 is 2.47 bits per heavy atom. The monoisotopic (exact) mass is 303 g/mol. The molecule has 0 saturated carbocycles. The summed E-state index contributed by atoms with van der Waals surface area (Å²) in [6.07, 6.45) is 0. The van der Waals surface area contributed by atoms with E-state index in [1.54, 1.807) is 6.92 Å². The second-order valence-electron chi connectivity index (χ2n) is 4.86. The van der Waals surface area contributed by atoms with Crippen molar-refractivity contribution in [1.29, 1.82) is 0 Å². The second-order valence-corrected chi connectivity index (χ2v) is 7.46. The van der Waals surface area contributed by atoms with Crippen LogP contribution < -0.4 is 16.4 Å². The number of thioether (sulfide) groups is 1. The maximum Gasteiger partial charge on any atom is 0.321 e. The number of imide groups is 1. The van der Waals surface area contributed by atoms with Crippen molar-refractivity contribution in [3.63, 3.8) is 0 Å². The van der Waals surface area contributed by atoms with E-state index >= 15 is 0 Å². The third-order valence-corrected chi connectivity index (χ3v) is 3.73. The lowest BCUT2D eigenvalue weighted by Gasteiger charge is -2.20. The molecule has 0 unspecified atom stereocenters. The van der Waals surface area contributed by atoms with Gasteiger partial charge in [0.1, 0.15) is 0 Å². The Morgan fingerprint density at radius 2 is 2.00 bits per heavy atom. The van der Waals surface area contributed by atoms with Crippen LogP contribution in [0.25, 0.3) is 0 Å². The minimum atomic E-state index is -0.512. The number of nitrogens with two attached hydrogens (primary N) is 1. The molecule has 0 aliphatic carbocycles. The Labute approximate surface area is 119 Å². The molecular weight excluding hydrogens is 286 g/mol. The Morgan fingerprint density at radius 1 is 1.37 bits per heavy atom. The summed E-state index contributed by atoms with van der Waals surface area (Å²) in [7, 11) is 0. The highest BCUT2D eigenvalue weighted by Crippen LogP contribution is 2.27. The third-order valence-electron chi connectivity index (χ3n) is 1.79. The number of carbonyl (C=O) groups is 2. The van der Waals surface area contributed by atoms with E-state index < -0.39 is 16.8 Å². The molecule has 1 aromatic heterocycles. The Bertz CT molecular complexity index is 469. The van der Waals surface area contributed by atoms with Crippen molar-refractivity contribution < 1.29 is 9.59 Å². The highest BCUT2D eigenvalue weighted by molar-refractivity contribution is 8.02. The summed E-state index contributed by atoms with van der Waals surface area (Å²) in [6.45, 7) is 7.18. The molecule has 7 nitrogen and oxygen atoms in total. The molecule has 0 aromatic carbocycles. The van der Waals surface area contributed by atoms with E-state index in [4.69, 9.17) is 5.73 Å². The maximum absolute atomic E-state index is 11.8. The molecule has 3 amide bonds. The van der Waals surface area contributed by atoms with Crippen LogP contribution >= 0.6 is 23.1 Å².